The van der Waals surface area contributed by atoms with E-state index in [-0.39, 0.29) is 6.29 Å². The van der Waals surface area contributed by atoms with Crippen LogP contribution in [0.1, 0.15) is 0 Å². The minimum absolute atomic E-state index is 0.227. The first-order valence-electron chi connectivity index (χ1n) is 5.25. The highest BCUT2D eigenvalue weighted by Gasteiger charge is 2.07. The molecule has 4 nitrogen and oxygen atoms in total. The average molecular weight is 224 g/mol. The summed E-state index contributed by atoms with van der Waals surface area (Å²) in [6, 6.07) is 8.13. The van der Waals surface area contributed by atoms with E-state index in [4.69, 9.17) is 9.47 Å². The topological polar surface area (TPSA) is 33.7 Å². The lowest BCUT2D eigenvalue weighted by Crippen LogP contribution is -2.24. The van der Waals surface area contributed by atoms with Crippen LogP contribution in [0, 0.1) is 0 Å². The third kappa shape index (κ3) is 3.40. The standard InChI is InChI=1S/C12H20N2O2/c1-14(2)11-8-6-5-7-10(11)13-9-12(15-3)16-4/h5-8,12-13H,9H2,1-4H3. The van der Waals surface area contributed by atoms with Crippen molar-refractivity contribution < 1.29 is 9.47 Å². The van der Waals surface area contributed by atoms with Crippen LogP contribution < -0.4 is 10.2 Å². The zero-order valence-electron chi connectivity index (χ0n) is 10.4. The molecule has 1 aromatic carbocycles. The van der Waals surface area contributed by atoms with Crippen LogP contribution in [0.2, 0.25) is 0 Å². The van der Waals surface area contributed by atoms with Gasteiger partial charge in [0.2, 0.25) is 0 Å². The second-order valence-electron chi connectivity index (χ2n) is 3.69. The largest absolute Gasteiger partial charge is 0.378 e. The Morgan fingerprint density at radius 3 is 2.38 bits per heavy atom. The van der Waals surface area contributed by atoms with Gasteiger partial charge in [0.15, 0.2) is 6.29 Å². The number of methoxy groups -OCH3 is 2. The molecule has 0 amide bonds. The summed E-state index contributed by atoms with van der Waals surface area (Å²) >= 11 is 0. The Labute approximate surface area is 97.2 Å². The number of benzene rings is 1. The molecule has 0 aliphatic rings. The first kappa shape index (κ1) is 12.8. The quantitative estimate of drug-likeness (QED) is 0.747. The maximum atomic E-state index is 5.12. The molecular weight excluding hydrogens is 204 g/mol. The second kappa shape index (κ2) is 6.35. The molecule has 16 heavy (non-hydrogen) atoms. The SMILES string of the molecule is COC(CNc1ccccc1N(C)C)OC. The Balaban J connectivity index is 2.66. The molecule has 1 rings (SSSR count). The van der Waals surface area contributed by atoms with Crippen molar-refractivity contribution in [2.45, 2.75) is 6.29 Å². The second-order valence-corrected chi connectivity index (χ2v) is 3.69. The predicted octanol–water partition coefficient (Wildman–Crippen LogP) is 1.78. The molecule has 0 saturated heterocycles. The lowest BCUT2D eigenvalue weighted by Gasteiger charge is -2.20. The fourth-order valence-electron chi connectivity index (χ4n) is 1.47. The zero-order valence-corrected chi connectivity index (χ0v) is 10.4. The molecule has 0 aromatic heterocycles. The Morgan fingerprint density at radius 1 is 1.19 bits per heavy atom. The van der Waals surface area contributed by atoms with Crippen molar-refractivity contribution in [3.63, 3.8) is 0 Å². The number of rotatable bonds is 6. The molecule has 0 saturated carbocycles. The summed E-state index contributed by atoms with van der Waals surface area (Å²) in [6.07, 6.45) is -0.227. The van der Waals surface area contributed by atoms with Crippen LogP contribution in [0.15, 0.2) is 24.3 Å². The highest BCUT2D eigenvalue weighted by atomic mass is 16.7. The monoisotopic (exact) mass is 224 g/mol. The van der Waals surface area contributed by atoms with E-state index in [9.17, 15) is 0 Å². The fourth-order valence-corrected chi connectivity index (χ4v) is 1.47. The number of hydrogen-bond donors (Lipinski definition) is 1. The average Bonchev–Trinajstić information content (AvgIpc) is 2.30. The third-order valence-electron chi connectivity index (χ3n) is 2.37. The molecule has 0 aliphatic heterocycles. The van der Waals surface area contributed by atoms with Crippen LogP contribution in [0.4, 0.5) is 11.4 Å². The third-order valence-corrected chi connectivity index (χ3v) is 2.37. The van der Waals surface area contributed by atoms with Gasteiger partial charge in [0.25, 0.3) is 0 Å². The van der Waals surface area contributed by atoms with Crippen LogP contribution in [0.25, 0.3) is 0 Å². The van der Waals surface area contributed by atoms with Gasteiger partial charge in [0.05, 0.1) is 17.9 Å². The van der Waals surface area contributed by atoms with Gasteiger partial charge < -0.3 is 19.7 Å². The molecule has 0 bridgehead atoms. The maximum absolute atomic E-state index is 5.12. The van der Waals surface area contributed by atoms with Crippen LogP contribution in [-0.4, -0.2) is 41.1 Å². The maximum Gasteiger partial charge on any atom is 0.173 e. The van der Waals surface area contributed by atoms with E-state index < -0.39 is 0 Å². The first-order chi connectivity index (χ1) is 7.69. The minimum atomic E-state index is -0.227. The lowest BCUT2D eigenvalue weighted by molar-refractivity contribution is -0.0914. The van der Waals surface area contributed by atoms with Crippen molar-refractivity contribution in [1.29, 1.82) is 0 Å². The van der Waals surface area contributed by atoms with Gasteiger partial charge in [-0.2, -0.15) is 0 Å². The number of nitrogens with zero attached hydrogens (tertiary/aromatic N) is 1. The van der Waals surface area contributed by atoms with Gasteiger partial charge in [0.1, 0.15) is 0 Å². The number of ether oxygens (including phenoxy) is 2. The Kier molecular flexibility index (Phi) is 5.08. The Hall–Kier alpha value is -1.26. The van der Waals surface area contributed by atoms with E-state index in [0.29, 0.717) is 6.54 Å². The van der Waals surface area contributed by atoms with Crippen molar-refractivity contribution in [3.05, 3.63) is 24.3 Å². The highest BCUT2D eigenvalue weighted by Crippen LogP contribution is 2.23. The number of para-hydroxylation sites is 2. The summed E-state index contributed by atoms with van der Waals surface area (Å²) in [5.74, 6) is 0. The van der Waals surface area contributed by atoms with Crippen LogP contribution in [0.3, 0.4) is 0 Å². The summed E-state index contributed by atoms with van der Waals surface area (Å²) in [6.45, 7) is 0.623. The molecule has 0 spiro atoms. The van der Waals surface area contributed by atoms with Crippen molar-refractivity contribution >= 4 is 11.4 Å². The molecule has 1 N–H and O–H groups in total. The van der Waals surface area contributed by atoms with Gasteiger partial charge in [-0.1, -0.05) is 12.1 Å². The molecular formula is C12H20N2O2. The Morgan fingerprint density at radius 2 is 1.81 bits per heavy atom. The smallest absolute Gasteiger partial charge is 0.173 e. The van der Waals surface area contributed by atoms with Crippen molar-refractivity contribution in [2.75, 3.05) is 45.1 Å². The van der Waals surface area contributed by atoms with E-state index in [1.165, 1.54) is 0 Å². The molecule has 0 atom stereocenters. The van der Waals surface area contributed by atoms with Crippen LogP contribution in [-0.2, 0) is 9.47 Å². The summed E-state index contributed by atoms with van der Waals surface area (Å²) in [7, 11) is 7.30. The van der Waals surface area contributed by atoms with Crippen LogP contribution in [0.5, 0.6) is 0 Å². The van der Waals surface area contributed by atoms with Crippen molar-refractivity contribution in [1.82, 2.24) is 0 Å². The van der Waals surface area contributed by atoms with Gasteiger partial charge in [-0.05, 0) is 12.1 Å². The molecule has 4 heteroatoms. The van der Waals surface area contributed by atoms with Crippen LogP contribution >= 0.6 is 0 Å². The van der Waals surface area contributed by atoms with E-state index >= 15 is 0 Å². The lowest BCUT2D eigenvalue weighted by atomic mass is 10.2. The van der Waals surface area contributed by atoms with E-state index in [2.05, 4.69) is 16.3 Å². The van der Waals surface area contributed by atoms with Crippen molar-refractivity contribution in [3.8, 4) is 0 Å². The first-order valence-corrected chi connectivity index (χ1v) is 5.25. The zero-order chi connectivity index (χ0) is 12.0. The molecule has 0 aliphatic carbocycles. The summed E-state index contributed by atoms with van der Waals surface area (Å²) in [5.41, 5.74) is 2.22. The van der Waals surface area contributed by atoms with Gasteiger partial charge in [0, 0.05) is 28.3 Å². The Bertz CT molecular complexity index is 312. The fraction of sp³-hybridized carbons (Fsp3) is 0.500. The van der Waals surface area contributed by atoms with Crippen molar-refractivity contribution in [2.24, 2.45) is 0 Å². The van der Waals surface area contributed by atoms with Gasteiger partial charge in [-0.3, -0.25) is 0 Å². The normalized spacial score (nSPS) is 10.6. The highest BCUT2D eigenvalue weighted by molar-refractivity contribution is 5.69. The minimum Gasteiger partial charge on any atom is -0.378 e. The molecule has 90 valence electrons. The van der Waals surface area contributed by atoms with Gasteiger partial charge in [-0.25, -0.2) is 0 Å². The number of hydrogen-bond acceptors (Lipinski definition) is 4. The summed E-state index contributed by atoms with van der Waals surface area (Å²) in [5, 5.41) is 3.30. The van der Waals surface area contributed by atoms with Gasteiger partial charge >= 0.3 is 0 Å². The number of nitrogens with one attached hydrogen (secondary N) is 1. The molecule has 1 aromatic rings. The number of anilines is 2. The summed E-state index contributed by atoms with van der Waals surface area (Å²) < 4.78 is 10.2. The van der Waals surface area contributed by atoms with Gasteiger partial charge in [-0.15, -0.1) is 0 Å². The van der Waals surface area contributed by atoms with E-state index in [0.717, 1.165) is 11.4 Å². The molecule has 0 heterocycles. The molecule has 0 unspecified atom stereocenters. The van der Waals surface area contributed by atoms with E-state index in [1.807, 2.05) is 32.3 Å². The summed E-state index contributed by atoms with van der Waals surface area (Å²) in [4.78, 5) is 2.07. The molecule has 0 fully saturated rings. The predicted molar refractivity (Wildman–Crippen MR) is 67.1 cm³/mol. The van der Waals surface area contributed by atoms with E-state index in [1.54, 1.807) is 14.2 Å². The molecule has 0 radical (unpaired) electrons.